The van der Waals surface area contributed by atoms with Crippen LogP contribution in [0, 0.1) is 0 Å². The van der Waals surface area contributed by atoms with Crippen LogP contribution < -0.4 is 5.32 Å². The number of rotatable bonds is 7. The molecule has 0 aliphatic heterocycles. The molecule has 0 fully saturated rings. The number of nitrogens with one attached hydrogen (secondary N) is 1. The summed E-state index contributed by atoms with van der Waals surface area (Å²) in [6.07, 6.45) is 3.35. The van der Waals surface area contributed by atoms with E-state index in [9.17, 15) is 4.79 Å². The standard InChI is InChI=1S/C12H18N4O2/c1-4-7-10(11(17)18)14-12-13-8(5-2)9(6-3)15-16-12/h4,10H,1,5-7H2,2-3H3,(H,17,18)(H,13,14,16). The van der Waals surface area contributed by atoms with Gasteiger partial charge in [0.15, 0.2) is 0 Å². The first-order valence-electron chi connectivity index (χ1n) is 5.95. The Hall–Kier alpha value is -1.98. The van der Waals surface area contributed by atoms with Crippen LogP contribution in [-0.2, 0) is 17.6 Å². The Morgan fingerprint density at radius 3 is 2.56 bits per heavy atom. The Labute approximate surface area is 106 Å². The van der Waals surface area contributed by atoms with Crippen LogP contribution in [0.2, 0.25) is 0 Å². The van der Waals surface area contributed by atoms with Gasteiger partial charge in [-0.05, 0) is 19.3 Å². The summed E-state index contributed by atoms with van der Waals surface area (Å²) in [7, 11) is 0. The van der Waals surface area contributed by atoms with Crippen LogP contribution in [0.25, 0.3) is 0 Å². The predicted molar refractivity (Wildman–Crippen MR) is 68.4 cm³/mol. The second kappa shape index (κ2) is 6.68. The molecule has 1 rings (SSSR count). The molecule has 0 radical (unpaired) electrons. The van der Waals surface area contributed by atoms with Gasteiger partial charge >= 0.3 is 5.97 Å². The van der Waals surface area contributed by atoms with E-state index >= 15 is 0 Å². The lowest BCUT2D eigenvalue weighted by molar-refractivity contribution is -0.137. The lowest BCUT2D eigenvalue weighted by Crippen LogP contribution is -2.30. The minimum atomic E-state index is -0.962. The first-order chi connectivity index (χ1) is 8.62. The molecule has 0 amide bonds. The minimum absolute atomic E-state index is 0.248. The smallest absolute Gasteiger partial charge is 0.326 e. The SMILES string of the molecule is C=CCC(Nc1nnc(CC)c(CC)n1)C(=O)O. The van der Waals surface area contributed by atoms with Crippen LogP contribution in [0.5, 0.6) is 0 Å². The quantitative estimate of drug-likeness (QED) is 0.712. The maximum Gasteiger partial charge on any atom is 0.326 e. The second-order valence-corrected chi connectivity index (χ2v) is 3.80. The fourth-order valence-electron chi connectivity index (χ4n) is 1.54. The van der Waals surface area contributed by atoms with Gasteiger partial charge in [0.05, 0.1) is 11.4 Å². The highest BCUT2D eigenvalue weighted by Crippen LogP contribution is 2.09. The van der Waals surface area contributed by atoms with Crippen molar-refractivity contribution in [3.63, 3.8) is 0 Å². The summed E-state index contributed by atoms with van der Waals surface area (Å²) >= 11 is 0. The average Bonchev–Trinajstić information content (AvgIpc) is 2.37. The topological polar surface area (TPSA) is 88.0 Å². The molecular formula is C12H18N4O2. The summed E-state index contributed by atoms with van der Waals surface area (Å²) in [5.41, 5.74) is 1.69. The van der Waals surface area contributed by atoms with E-state index in [1.165, 1.54) is 0 Å². The monoisotopic (exact) mass is 250 g/mol. The van der Waals surface area contributed by atoms with Crippen molar-refractivity contribution in [1.82, 2.24) is 15.2 Å². The van der Waals surface area contributed by atoms with Crippen LogP contribution in [-0.4, -0.2) is 32.3 Å². The largest absolute Gasteiger partial charge is 0.480 e. The van der Waals surface area contributed by atoms with Gasteiger partial charge in [-0.25, -0.2) is 9.78 Å². The van der Waals surface area contributed by atoms with Gasteiger partial charge in [-0.1, -0.05) is 19.9 Å². The molecule has 0 saturated heterocycles. The predicted octanol–water partition coefficient (Wildman–Crippen LogP) is 1.44. The van der Waals surface area contributed by atoms with Crippen LogP contribution in [0.3, 0.4) is 0 Å². The van der Waals surface area contributed by atoms with Crippen molar-refractivity contribution in [3.8, 4) is 0 Å². The fraction of sp³-hybridized carbons (Fsp3) is 0.500. The number of aliphatic carboxylic acids is 1. The number of carboxylic acid groups (broad SMARTS) is 1. The molecular weight excluding hydrogens is 232 g/mol. The Balaban J connectivity index is 2.89. The van der Waals surface area contributed by atoms with E-state index in [0.717, 1.165) is 24.2 Å². The zero-order chi connectivity index (χ0) is 13.5. The van der Waals surface area contributed by atoms with Crippen LogP contribution in [0.1, 0.15) is 31.7 Å². The van der Waals surface area contributed by atoms with Crippen molar-refractivity contribution < 1.29 is 9.90 Å². The van der Waals surface area contributed by atoms with Gasteiger partial charge < -0.3 is 10.4 Å². The summed E-state index contributed by atoms with van der Waals surface area (Å²) in [5.74, 6) is -0.714. The number of anilines is 1. The minimum Gasteiger partial charge on any atom is -0.480 e. The molecule has 6 nitrogen and oxygen atoms in total. The van der Waals surface area contributed by atoms with E-state index in [1.807, 2.05) is 13.8 Å². The normalized spacial score (nSPS) is 11.9. The molecule has 18 heavy (non-hydrogen) atoms. The first-order valence-corrected chi connectivity index (χ1v) is 5.95. The summed E-state index contributed by atoms with van der Waals surface area (Å²) < 4.78 is 0. The number of hydrogen-bond donors (Lipinski definition) is 2. The van der Waals surface area contributed by atoms with Gasteiger partial charge in [-0.15, -0.1) is 11.7 Å². The van der Waals surface area contributed by atoms with E-state index in [4.69, 9.17) is 5.11 Å². The van der Waals surface area contributed by atoms with E-state index in [0.29, 0.717) is 6.42 Å². The highest BCUT2D eigenvalue weighted by molar-refractivity contribution is 5.76. The Kier molecular flexibility index (Phi) is 5.23. The molecule has 1 unspecified atom stereocenters. The molecule has 0 spiro atoms. The number of aromatic nitrogens is 3. The van der Waals surface area contributed by atoms with Crippen molar-refractivity contribution in [1.29, 1.82) is 0 Å². The van der Waals surface area contributed by atoms with Crippen molar-refractivity contribution in [2.75, 3.05) is 5.32 Å². The van der Waals surface area contributed by atoms with E-state index < -0.39 is 12.0 Å². The van der Waals surface area contributed by atoms with E-state index in [2.05, 4.69) is 27.1 Å². The third-order valence-corrected chi connectivity index (χ3v) is 2.51. The molecule has 1 aromatic rings. The number of aryl methyl sites for hydroxylation is 2. The Morgan fingerprint density at radius 2 is 2.06 bits per heavy atom. The molecule has 1 aromatic heterocycles. The van der Waals surface area contributed by atoms with Crippen LogP contribution >= 0.6 is 0 Å². The maximum absolute atomic E-state index is 11.0. The maximum atomic E-state index is 11.0. The first kappa shape index (κ1) is 14.1. The fourth-order valence-corrected chi connectivity index (χ4v) is 1.54. The van der Waals surface area contributed by atoms with Gasteiger partial charge in [0.2, 0.25) is 5.95 Å². The zero-order valence-electron chi connectivity index (χ0n) is 10.7. The Bertz CT molecular complexity index is 434. The van der Waals surface area contributed by atoms with Crippen molar-refractivity contribution in [3.05, 3.63) is 24.0 Å². The molecule has 98 valence electrons. The zero-order valence-corrected chi connectivity index (χ0v) is 10.7. The van der Waals surface area contributed by atoms with Crippen LogP contribution in [0.15, 0.2) is 12.7 Å². The van der Waals surface area contributed by atoms with Gasteiger partial charge in [-0.2, -0.15) is 5.10 Å². The van der Waals surface area contributed by atoms with E-state index in [1.54, 1.807) is 6.08 Å². The third kappa shape index (κ3) is 3.51. The van der Waals surface area contributed by atoms with Crippen molar-refractivity contribution >= 4 is 11.9 Å². The summed E-state index contributed by atoms with van der Waals surface area (Å²) in [6.45, 7) is 7.49. The average molecular weight is 250 g/mol. The van der Waals surface area contributed by atoms with Crippen LogP contribution in [0.4, 0.5) is 5.95 Å². The van der Waals surface area contributed by atoms with Crippen molar-refractivity contribution in [2.45, 2.75) is 39.2 Å². The molecule has 1 heterocycles. The van der Waals surface area contributed by atoms with Gasteiger partial charge in [0, 0.05) is 0 Å². The molecule has 0 bridgehead atoms. The lowest BCUT2D eigenvalue weighted by atomic mass is 10.2. The number of carbonyl (C=O) groups is 1. The Morgan fingerprint density at radius 1 is 1.39 bits per heavy atom. The van der Waals surface area contributed by atoms with Gasteiger partial charge in [-0.3, -0.25) is 0 Å². The van der Waals surface area contributed by atoms with E-state index in [-0.39, 0.29) is 5.95 Å². The second-order valence-electron chi connectivity index (χ2n) is 3.80. The number of nitrogens with zero attached hydrogens (tertiary/aromatic N) is 3. The summed E-state index contributed by atoms with van der Waals surface area (Å²) in [5, 5.41) is 19.7. The van der Waals surface area contributed by atoms with Gasteiger partial charge in [0.1, 0.15) is 6.04 Å². The molecule has 1 atom stereocenters. The molecule has 0 aromatic carbocycles. The number of hydrogen-bond acceptors (Lipinski definition) is 5. The highest BCUT2D eigenvalue weighted by Gasteiger charge is 2.17. The number of carboxylic acids is 1. The molecule has 2 N–H and O–H groups in total. The third-order valence-electron chi connectivity index (χ3n) is 2.51. The molecule has 0 aliphatic rings. The highest BCUT2D eigenvalue weighted by atomic mass is 16.4. The summed E-state index contributed by atoms with van der Waals surface area (Å²) in [4.78, 5) is 15.3. The van der Waals surface area contributed by atoms with Gasteiger partial charge in [0.25, 0.3) is 0 Å². The molecule has 6 heteroatoms. The van der Waals surface area contributed by atoms with Crippen molar-refractivity contribution in [2.24, 2.45) is 0 Å². The lowest BCUT2D eigenvalue weighted by Gasteiger charge is -2.13. The molecule has 0 saturated carbocycles. The molecule has 0 aliphatic carbocycles. The summed E-state index contributed by atoms with van der Waals surface area (Å²) in [6, 6.07) is -0.776.